The van der Waals surface area contributed by atoms with Gasteiger partial charge in [0.05, 0.1) is 5.69 Å². The minimum atomic E-state index is -0.0738. The van der Waals surface area contributed by atoms with Crippen LogP contribution in [0.25, 0.3) is 0 Å². The van der Waals surface area contributed by atoms with E-state index >= 15 is 0 Å². The highest BCUT2D eigenvalue weighted by Gasteiger charge is 2.11. The van der Waals surface area contributed by atoms with Crippen LogP contribution in [0.2, 0.25) is 0 Å². The fourth-order valence-corrected chi connectivity index (χ4v) is 2.13. The molecule has 1 amide bonds. The zero-order valence-electron chi connectivity index (χ0n) is 12.3. The number of carbonyl (C=O) groups excluding carboxylic acids is 1. The van der Waals surface area contributed by atoms with Gasteiger partial charge in [0.15, 0.2) is 0 Å². The van der Waals surface area contributed by atoms with Crippen molar-refractivity contribution in [2.24, 2.45) is 7.05 Å². The number of nitrogens with one attached hydrogen (secondary N) is 2. The smallest absolute Gasteiger partial charge is 0.251 e. The van der Waals surface area contributed by atoms with Crippen molar-refractivity contribution in [3.8, 4) is 0 Å². The lowest BCUT2D eigenvalue weighted by Crippen LogP contribution is -2.23. The van der Waals surface area contributed by atoms with Gasteiger partial charge >= 0.3 is 0 Å². The first-order chi connectivity index (χ1) is 9.52. The first-order valence-corrected chi connectivity index (χ1v) is 6.58. The molecule has 0 bridgehead atoms. The van der Waals surface area contributed by atoms with Crippen molar-refractivity contribution >= 4 is 11.6 Å². The molecule has 1 heterocycles. The van der Waals surface area contributed by atoms with E-state index in [2.05, 4.69) is 15.7 Å². The van der Waals surface area contributed by atoms with E-state index in [1.807, 2.05) is 56.9 Å². The Kier molecular flexibility index (Phi) is 4.08. The average Bonchev–Trinajstić information content (AvgIpc) is 2.70. The van der Waals surface area contributed by atoms with Crippen LogP contribution < -0.4 is 10.6 Å². The Balaban J connectivity index is 2.04. The van der Waals surface area contributed by atoms with Crippen LogP contribution in [-0.4, -0.2) is 22.7 Å². The van der Waals surface area contributed by atoms with Crippen molar-refractivity contribution < 1.29 is 4.79 Å². The molecule has 0 spiro atoms. The first-order valence-electron chi connectivity index (χ1n) is 6.58. The molecule has 0 aliphatic carbocycles. The van der Waals surface area contributed by atoms with E-state index < -0.39 is 0 Å². The van der Waals surface area contributed by atoms with Crippen molar-refractivity contribution in [1.82, 2.24) is 15.1 Å². The topological polar surface area (TPSA) is 59.0 Å². The molecule has 0 unspecified atom stereocenters. The van der Waals surface area contributed by atoms with Gasteiger partial charge in [-0.2, -0.15) is 5.10 Å². The number of hydrogen-bond donors (Lipinski definition) is 2. The van der Waals surface area contributed by atoms with Gasteiger partial charge in [0, 0.05) is 43.1 Å². The van der Waals surface area contributed by atoms with E-state index in [0.29, 0.717) is 12.1 Å². The molecule has 0 radical (unpaired) electrons. The Bertz CT molecular complexity index is 614. The molecule has 0 aliphatic rings. The maximum atomic E-state index is 12.1. The molecule has 1 aromatic heterocycles. The van der Waals surface area contributed by atoms with Crippen LogP contribution in [0.1, 0.15) is 27.3 Å². The second kappa shape index (κ2) is 5.77. The van der Waals surface area contributed by atoms with Gasteiger partial charge in [0.1, 0.15) is 0 Å². The molecule has 2 N–H and O–H groups in total. The maximum absolute atomic E-state index is 12.1. The molecule has 0 atom stereocenters. The zero-order valence-corrected chi connectivity index (χ0v) is 12.3. The summed E-state index contributed by atoms with van der Waals surface area (Å²) >= 11 is 0. The summed E-state index contributed by atoms with van der Waals surface area (Å²) in [4.78, 5) is 12.1. The predicted octanol–water partition coefficient (Wildman–Crippen LogP) is 2.01. The Morgan fingerprint density at radius 3 is 2.40 bits per heavy atom. The molecule has 0 saturated heterocycles. The zero-order chi connectivity index (χ0) is 14.7. The van der Waals surface area contributed by atoms with Crippen molar-refractivity contribution in [1.29, 1.82) is 0 Å². The first kappa shape index (κ1) is 14.1. The lowest BCUT2D eigenvalue weighted by atomic mass is 10.1. The number of aryl methyl sites for hydroxylation is 2. The third-order valence-electron chi connectivity index (χ3n) is 3.52. The summed E-state index contributed by atoms with van der Waals surface area (Å²) in [6.45, 7) is 4.46. The van der Waals surface area contributed by atoms with Gasteiger partial charge in [-0.05, 0) is 38.1 Å². The predicted molar refractivity (Wildman–Crippen MR) is 79.8 cm³/mol. The quantitative estimate of drug-likeness (QED) is 0.895. The Labute approximate surface area is 119 Å². The van der Waals surface area contributed by atoms with Crippen molar-refractivity contribution in [3.05, 3.63) is 46.8 Å². The van der Waals surface area contributed by atoms with Gasteiger partial charge in [-0.15, -0.1) is 0 Å². The summed E-state index contributed by atoms with van der Waals surface area (Å²) in [6, 6.07) is 7.39. The highest BCUT2D eigenvalue weighted by molar-refractivity contribution is 5.94. The van der Waals surface area contributed by atoms with E-state index in [-0.39, 0.29) is 5.91 Å². The molecule has 1 aromatic carbocycles. The highest BCUT2D eigenvalue weighted by atomic mass is 16.1. The van der Waals surface area contributed by atoms with Crippen molar-refractivity contribution in [3.63, 3.8) is 0 Å². The van der Waals surface area contributed by atoms with Crippen LogP contribution in [0.15, 0.2) is 24.3 Å². The lowest BCUT2D eigenvalue weighted by molar-refractivity contribution is 0.0951. The van der Waals surface area contributed by atoms with Gasteiger partial charge < -0.3 is 10.6 Å². The number of benzene rings is 1. The molecule has 0 aliphatic heterocycles. The summed E-state index contributed by atoms with van der Waals surface area (Å²) in [5.74, 6) is -0.0738. The van der Waals surface area contributed by atoms with Crippen LogP contribution >= 0.6 is 0 Å². The maximum Gasteiger partial charge on any atom is 0.251 e. The van der Waals surface area contributed by atoms with E-state index in [1.54, 1.807) is 0 Å². The number of amides is 1. The molecular weight excluding hydrogens is 252 g/mol. The van der Waals surface area contributed by atoms with E-state index in [0.717, 1.165) is 22.6 Å². The number of nitrogens with zero attached hydrogens (tertiary/aromatic N) is 2. The molecule has 106 valence electrons. The fourth-order valence-electron chi connectivity index (χ4n) is 2.13. The monoisotopic (exact) mass is 272 g/mol. The number of carbonyl (C=O) groups is 1. The SMILES string of the molecule is CNc1ccc(C(=O)NCc2c(C)nn(C)c2C)cc1. The number of hydrogen-bond acceptors (Lipinski definition) is 3. The van der Waals surface area contributed by atoms with Gasteiger partial charge in [-0.3, -0.25) is 9.48 Å². The van der Waals surface area contributed by atoms with Gasteiger partial charge in [0.2, 0.25) is 0 Å². The lowest BCUT2D eigenvalue weighted by Gasteiger charge is -2.07. The number of aromatic nitrogens is 2. The molecule has 0 saturated carbocycles. The average molecular weight is 272 g/mol. The minimum Gasteiger partial charge on any atom is -0.388 e. The molecule has 5 nitrogen and oxygen atoms in total. The normalized spacial score (nSPS) is 10.4. The molecule has 20 heavy (non-hydrogen) atoms. The summed E-state index contributed by atoms with van der Waals surface area (Å²) in [5.41, 5.74) is 4.75. The van der Waals surface area contributed by atoms with Gasteiger partial charge in [0.25, 0.3) is 5.91 Å². The van der Waals surface area contributed by atoms with Crippen LogP contribution in [0.5, 0.6) is 0 Å². The largest absolute Gasteiger partial charge is 0.388 e. The molecule has 5 heteroatoms. The molecular formula is C15H20N4O. The second-order valence-corrected chi connectivity index (χ2v) is 4.78. The summed E-state index contributed by atoms with van der Waals surface area (Å²) in [6.07, 6.45) is 0. The fraction of sp³-hybridized carbons (Fsp3) is 0.333. The van der Waals surface area contributed by atoms with Crippen LogP contribution in [0.3, 0.4) is 0 Å². The highest BCUT2D eigenvalue weighted by Crippen LogP contribution is 2.12. The number of rotatable bonds is 4. The Morgan fingerprint density at radius 2 is 1.90 bits per heavy atom. The Hall–Kier alpha value is -2.30. The second-order valence-electron chi connectivity index (χ2n) is 4.78. The van der Waals surface area contributed by atoms with Gasteiger partial charge in [-0.1, -0.05) is 0 Å². The summed E-state index contributed by atoms with van der Waals surface area (Å²) in [5, 5.41) is 10.3. The third-order valence-corrected chi connectivity index (χ3v) is 3.52. The van der Waals surface area contributed by atoms with Crippen molar-refractivity contribution in [2.75, 3.05) is 12.4 Å². The molecule has 2 aromatic rings. The van der Waals surface area contributed by atoms with Crippen LogP contribution in [-0.2, 0) is 13.6 Å². The minimum absolute atomic E-state index is 0.0738. The van der Waals surface area contributed by atoms with Crippen LogP contribution in [0.4, 0.5) is 5.69 Å². The van der Waals surface area contributed by atoms with Gasteiger partial charge in [-0.25, -0.2) is 0 Å². The summed E-state index contributed by atoms with van der Waals surface area (Å²) in [7, 11) is 3.76. The van der Waals surface area contributed by atoms with E-state index in [9.17, 15) is 4.79 Å². The third kappa shape index (κ3) is 2.82. The molecule has 2 rings (SSSR count). The summed E-state index contributed by atoms with van der Waals surface area (Å²) < 4.78 is 1.83. The number of anilines is 1. The Morgan fingerprint density at radius 1 is 1.25 bits per heavy atom. The standard InChI is InChI=1S/C15H20N4O/c1-10-14(11(2)19(4)18-10)9-17-15(20)12-5-7-13(16-3)8-6-12/h5-8,16H,9H2,1-4H3,(H,17,20). The molecule has 0 fully saturated rings. The van der Waals surface area contributed by atoms with Crippen molar-refractivity contribution in [2.45, 2.75) is 20.4 Å². The van der Waals surface area contributed by atoms with E-state index in [1.165, 1.54) is 0 Å². The van der Waals surface area contributed by atoms with E-state index in [4.69, 9.17) is 0 Å². The van der Waals surface area contributed by atoms with Crippen LogP contribution in [0, 0.1) is 13.8 Å².